The Morgan fingerprint density at radius 2 is 2.04 bits per heavy atom. The molecule has 4 N–H and O–H groups in total. The molecule has 0 aliphatic carbocycles. The largest absolute Gasteiger partial charge is 0.348 e. The molecule has 1 saturated heterocycles. The van der Waals surface area contributed by atoms with Crippen LogP contribution in [-0.4, -0.2) is 57.1 Å². The molecule has 2 aromatic rings. The summed E-state index contributed by atoms with van der Waals surface area (Å²) in [6.07, 6.45) is 4.99. The predicted molar refractivity (Wildman–Crippen MR) is 93.8 cm³/mol. The van der Waals surface area contributed by atoms with Crippen LogP contribution in [0.15, 0.2) is 18.5 Å². The average Bonchev–Trinajstić information content (AvgIpc) is 3.08. The zero-order valence-corrected chi connectivity index (χ0v) is 14.5. The summed E-state index contributed by atoms with van der Waals surface area (Å²) < 4.78 is 0. The Balaban J connectivity index is 1.56. The second kappa shape index (κ2) is 7.18. The quantitative estimate of drug-likeness (QED) is 0.753. The molecule has 0 saturated carbocycles. The van der Waals surface area contributed by atoms with Crippen molar-refractivity contribution in [2.75, 3.05) is 13.1 Å². The van der Waals surface area contributed by atoms with Crippen LogP contribution in [0.5, 0.6) is 0 Å². The normalized spacial score (nSPS) is 18.1. The minimum Gasteiger partial charge on any atom is -0.348 e. The molecule has 0 bridgehead atoms. The maximum absolute atomic E-state index is 12.4. The first kappa shape index (κ1) is 17.3. The van der Waals surface area contributed by atoms with Crippen molar-refractivity contribution in [2.24, 2.45) is 11.7 Å². The van der Waals surface area contributed by atoms with Crippen molar-refractivity contribution in [3.8, 4) is 0 Å². The summed E-state index contributed by atoms with van der Waals surface area (Å²) >= 11 is 0. The van der Waals surface area contributed by atoms with Gasteiger partial charge in [-0.2, -0.15) is 5.10 Å². The van der Waals surface area contributed by atoms with Gasteiger partial charge in [0.2, 0.25) is 5.91 Å². The van der Waals surface area contributed by atoms with Crippen LogP contribution in [0, 0.1) is 5.92 Å². The summed E-state index contributed by atoms with van der Waals surface area (Å²) in [5, 5.41) is 10.6. The van der Waals surface area contributed by atoms with Gasteiger partial charge in [0.05, 0.1) is 24.0 Å². The molecule has 3 heterocycles. The Morgan fingerprint density at radius 1 is 1.32 bits per heavy atom. The van der Waals surface area contributed by atoms with Crippen LogP contribution in [0.2, 0.25) is 0 Å². The van der Waals surface area contributed by atoms with Gasteiger partial charge in [0.25, 0.3) is 5.91 Å². The molecule has 8 nitrogen and oxygen atoms in total. The number of rotatable bonds is 4. The lowest BCUT2D eigenvalue weighted by molar-refractivity contribution is -0.133. The Hall–Kier alpha value is -2.48. The first-order valence-electron chi connectivity index (χ1n) is 8.60. The molecule has 8 heteroatoms. The second-order valence-corrected chi connectivity index (χ2v) is 6.74. The molecule has 1 aliphatic heterocycles. The summed E-state index contributed by atoms with van der Waals surface area (Å²) in [7, 11) is 0. The number of nitrogens with zero attached hydrogens (tertiary/aromatic N) is 3. The lowest BCUT2D eigenvalue weighted by Crippen LogP contribution is -2.49. The van der Waals surface area contributed by atoms with Crippen LogP contribution in [-0.2, 0) is 4.79 Å². The molecule has 1 aliphatic rings. The van der Waals surface area contributed by atoms with Crippen LogP contribution in [0.4, 0.5) is 0 Å². The monoisotopic (exact) mass is 344 g/mol. The molecule has 2 unspecified atom stereocenters. The van der Waals surface area contributed by atoms with Gasteiger partial charge in [-0.15, -0.1) is 0 Å². The predicted octanol–water partition coefficient (Wildman–Crippen LogP) is 0.662. The number of pyridine rings is 1. The summed E-state index contributed by atoms with van der Waals surface area (Å²) in [5.74, 6) is 0.135. The van der Waals surface area contributed by atoms with Gasteiger partial charge in [-0.3, -0.25) is 14.7 Å². The number of aromatic nitrogens is 3. The van der Waals surface area contributed by atoms with Gasteiger partial charge in [-0.1, -0.05) is 0 Å². The van der Waals surface area contributed by atoms with Gasteiger partial charge < -0.3 is 16.0 Å². The third-order valence-corrected chi connectivity index (χ3v) is 4.86. The Bertz CT molecular complexity index is 763. The fourth-order valence-electron chi connectivity index (χ4n) is 3.27. The highest BCUT2D eigenvalue weighted by Crippen LogP contribution is 2.21. The lowest BCUT2D eigenvalue weighted by Gasteiger charge is -2.35. The highest BCUT2D eigenvalue weighted by molar-refractivity contribution is 5.95. The third-order valence-electron chi connectivity index (χ3n) is 4.86. The zero-order valence-electron chi connectivity index (χ0n) is 14.5. The Labute approximate surface area is 146 Å². The van der Waals surface area contributed by atoms with E-state index >= 15 is 0 Å². The number of carbonyl (C=O) groups is 2. The SMILES string of the molecule is CC(N)C(=O)N1CCC(C(C)NC(=O)c2cc3cn[nH]c3cn2)CC1. The van der Waals surface area contributed by atoms with E-state index in [-0.39, 0.29) is 17.9 Å². The van der Waals surface area contributed by atoms with E-state index in [4.69, 9.17) is 5.73 Å². The summed E-state index contributed by atoms with van der Waals surface area (Å²) in [4.78, 5) is 30.4. The number of nitrogens with one attached hydrogen (secondary N) is 2. The van der Waals surface area contributed by atoms with Crippen molar-refractivity contribution in [2.45, 2.75) is 38.8 Å². The molecule has 2 aromatic heterocycles. The molecule has 0 spiro atoms. The molecular formula is C17H24N6O2. The first-order chi connectivity index (χ1) is 12.0. The van der Waals surface area contributed by atoms with E-state index in [1.165, 1.54) is 0 Å². The topological polar surface area (TPSA) is 117 Å². The Morgan fingerprint density at radius 3 is 2.72 bits per heavy atom. The maximum Gasteiger partial charge on any atom is 0.270 e. The van der Waals surface area contributed by atoms with Gasteiger partial charge >= 0.3 is 0 Å². The third kappa shape index (κ3) is 3.79. The van der Waals surface area contributed by atoms with E-state index in [0.29, 0.717) is 24.7 Å². The fourth-order valence-corrected chi connectivity index (χ4v) is 3.27. The number of hydrogen-bond acceptors (Lipinski definition) is 5. The van der Waals surface area contributed by atoms with Gasteiger partial charge in [0.1, 0.15) is 5.69 Å². The van der Waals surface area contributed by atoms with Crippen LogP contribution in [0.25, 0.3) is 10.9 Å². The average molecular weight is 344 g/mol. The molecular weight excluding hydrogens is 320 g/mol. The zero-order chi connectivity index (χ0) is 18.0. The highest BCUT2D eigenvalue weighted by atomic mass is 16.2. The van der Waals surface area contributed by atoms with Gasteiger partial charge in [-0.05, 0) is 38.7 Å². The maximum atomic E-state index is 12.4. The van der Waals surface area contributed by atoms with Crippen molar-refractivity contribution in [1.29, 1.82) is 0 Å². The van der Waals surface area contributed by atoms with Crippen molar-refractivity contribution >= 4 is 22.7 Å². The number of aromatic amines is 1. The number of carbonyl (C=O) groups excluding carboxylic acids is 2. The lowest BCUT2D eigenvalue weighted by atomic mass is 9.90. The number of fused-ring (bicyclic) bond motifs is 1. The molecule has 1 fully saturated rings. The molecule has 2 atom stereocenters. The number of piperidine rings is 1. The van der Waals surface area contributed by atoms with Gasteiger partial charge in [0.15, 0.2) is 0 Å². The van der Waals surface area contributed by atoms with E-state index < -0.39 is 6.04 Å². The number of amides is 2. The van der Waals surface area contributed by atoms with E-state index in [9.17, 15) is 9.59 Å². The van der Waals surface area contributed by atoms with E-state index in [2.05, 4.69) is 20.5 Å². The molecule has 0 radical (unpaired) electrons. The van der Waals surface area contributed by atoms with E-state index in [0.717, 1.165) is 23.7 Å². The number of hydrogen-bond donors (Lipinski definition) is 3. The van der Waals surface area contributed by atoms with Crippen LogP contribution in [0.1, 0.15) is 37.2 Å². The smallest absolute Gasteiger partial charge is 0.270 e. The molecule has 3 rings (SSSR count). The molecule has 0 aromatic carbocycles. The van der Waals surface area contributed by atoms with E-state index in [1.54, 1.807) is 25.4 Å². The second-order valence-electron chi connectivity index (χ2n) is 6.74. The van der Waals surface area contributed by atoms with Crippen molar-refractivity contribution in [1.82, 2.24) is 25.4 Å². The number of H-pyrrole nitrogens is 1. The van der Waals surface area contributed by atoms with Crippen molar-refractivity contribution in [3.05, 3.63) is 24.2 Å². The van der Waals surface area contributed by atoms with Crippen molar-refractivity contribution in [3.63, 3.8) is 0 Å². The number of nitrogens with two attached hydrogens (primary N) is 1. The molecule has 25 heavy (non-hydrogen) atoms. The minimum atomic E-state index is -0.461. The Kier molecular flexibility index (Phi) is 4.98. The standard InChI is InChI=1S/C17H24N6O2/c1-10(18)17(25)23-5-3-12(4-6-23)11(2)21-16(24)14-7-13-8-20-22-15(13)9-19-14/h7-12H,3-6,18H2,1-2H3,(H,20,22)(H,21,24). The van der Waals surface area contributed by atoms with E-state index in [1.807, 2.05) is 11.8 Å². The van der Waals surface area contributed by atoms with Gasteiger partial charge in [0, 0.05) is 24.5 Å². The summed E-state index contributed by atoms with van der Waals surface area (Å²) in [6, 6.07) is 1.28. The fraction of sp³-hybridized carbons (Fsp3) is 0.529. The minimum absolute atomic E-state index is 0.00671. The van der Waals surface area contributed by atoms with Crippen molar-refractivity contribution < 1.29 is 9.59 Å². The summed E-state index contributed by atoms with van der Waals surface area (Å²) in [6.45, 7) is 5.08. The van der Waals surface area contributed by atoms with Gasteiger partial charge in [-0.25, -0.2) is 4.98 Å². The van der Waals surface area contributed by atoms with Crippen LogP contribution >= 0.6 is 0 Å². The first-order valence-corrected chi connectivity index (χ1v) is 8.60. The highest BCUT2D eigenvalue weighted by Gasteiger charge is 2.28. The summed E-state index contributed by atoms with van der Waals surface area (Å²) in [5.41, 5.74) is 6.84. The van der Waals surface area contributed by atoms with Crippen LogP contribution in [0.3, 0.4) is 0 Å². The molecule has 2 amide bonds. The molecule has 134 valence electrons. The van der Waals surface area contributed by atoms with Crippen LogP contribution < -0.4 is 11.1 Å². The number of likely N-dealkylation sites (tertiary alicyclic amines) is 1.